The lowest BCUT2D eigenvalue weighted by atomic mass is 10.2. The third-order valence-corrected chi connectivity index (χ3v) is 4.29. The molecule has 2 amide bonds. The van der Waals surface area contributed by atoms with Crippen molar-refractivity contribution in [3.05, 3.63) is 56.0 Å². The lowest BCUT2D eigenvalue weighted by molar-refractivity contribution is -0.124. The summed E-state index contributed by atoms with van der Waals surface area (Å²) in [5.74, 6) is -1.09. The highest BCUT2D eigenvalue weighted by atomic mass is 35.5. The number of aromatic hydroxyl groups is 1. The third kappa shape index (κ3) is 6.59. The molecule has 142 valence electrons. The van der Waals surface area contributed by atoms with Crippen LogP contribution in [0.15, 0.2) is 35.4 Å². The molecule has 0 radical (unpaired) electrons. The number of phenols is 1. The van der Waals surface area contributed by atoms with Gasteiger partial charge in [0, 0.05) is 28.5 Å². The summed E-state index contributed by atoms with van der Waals surface area (Å²) in [5, 5.41) is 17.2. The second-order valence-corrected chi connectivity index (χ2v) is 6.98. The summed E-state index contributed by atoms with van der Waals surface area (Å²) < 4.78 is 0. The van der Waals surface area contributed by atoms with Crippen LogP contribution in [0.1, 0.15) is 18.4 Å². The van der Waals surface area contributed by atoms with E-state index in [0.717, 1.165) is 0 Å². The Bertz CT molecular complexity index is 903. The summed E-state index contributed by atoms with van der Waals surface area (Å²) in [5.41, 5.74) is 2.88. The standard InChI is InChI=1S/C17H13Cl4N3O3/c18-10-1-2-14(12(20)6-10)23-15(25)3-4-16(26)24-22-8-9-5-11(19)7-13(21)17(9)27/h1-2,5-8,27H,3-4H2,(H,23,25)(H,24,26)/b22-8-. The second kappa shape index (κ2) is 9.80. The molecule has 0 saturated heterocycles. The van der Waals surface area contributed by atoms with Crippen LogP contribution >= 0.6 is 46.4 Å². The number of amides is 2. The van der Waals surface area contributed by atoms with Crippen LogP contribution in [0.2, 0.25) is 20.1 Å². The number of hydrogen-bond donors (Lipinski definition) is 3. The monoisotopic (exact) mass is 447 g/mol. The first-order chi connectivity index (χ1) is 12.8. The van der Waals surface area contributed by atoms with E-state index in [2.05, 4.69) is 15.8 Å². The minimum absolute atomic E-state index is 0.0628. The molecule has 3 N–H and O–H groups in total. The van der Waals surface area contributed by atoms with Gasteiger partial charge in [0.1, 0.15) is 5.75 Å². The van der Waals surface area contributed by atoms with Gasteiger partial charge in [0.2, 0.25) is 11.8 Å². The van der Waals surface area contributed by atoms with E-state index in [4.69, 9.17) is 46.4 Å². The molecule has 0 aromatic heterocycles. The molecule has 0 aliphatic rings. The summed E-state index contributed by atoms with van der Waals surface area (Å²) in [6, 6.07) is 7.46. The molecular formula is C17H13Cl4N3O3. The van der Waals surface area contributed by atoms with Crippen LogP contribution < -0.4 is 10.7 Å². The summed E-state index contributed by atoms with van der Waals surface area (Å²) in [7, 11) is 0. The zero-order chi connectivity index (χ0) is 20.0. The molecule has 0 saturated carbocycles. The van der Waals surface area contributed by atoms with E-state index in [1.165, 1.54) is 24.4 Å². The maximum atomic E-state index is 11.9. The number of rotatable bonds is 6. The minimum Gasteiger partial charge on any atom is -0.506 e. The van der Waals surface area contributed by atoms with E-state index >= 15 is 0 Å². The lowest BCUT2D eigenvalue weighted by Crippen LogP contribution is -2.20. The van der Waals surface area contributed by atoms with E-state index in [1.807, 2.05) is 0 Å². The van der Waals surface area contributed by atoms with Gasteiger partial charge in [0.15, 0.2) is 0 Å². The maximum Gasteiger partial charge on any atom is 0.240 e. The van der Waals surface area contributed by atoms with Gasteiger partial charge in [-0.2, -0.15) is 5.10 Å². The highest BCUT2D eigenvalue weighted by Crippen LogP contribution is 2.30. The van der Waals surface area contributed by atoms with Crippen LogP contribution in [0.5, 0.6) is 5.75 Å². The van der Waals surface area contributed by atoms with Crippen molar-refractivity contribution in [1.82, 2.24) is 5.43 Å². The van der Waals surface area contributed by atoms with Crippen molar-refractivity contribution in [3.8, 4) is 5.75 Å². The average Bonchev–Trinajstić information content (AvgIpc) is 2.59. The Hall–Kier alpha value is -1.99. The number of anilines is 1. The van der Waals surface area contributed by atoms with Crippen LogP contribution in [0.4, 0.5) is 5.69 Å². The predicted molar refractivity (Wildman–Crippen MR) is 108 cm³/mol. The number of phenolic OH excluding ortho intramolecular Hbond substituents is 1. The van der Waals surface area contributed by atoms with Crippen LogP contribution in [-0.2, 0) is 9.59 Å². The molecule has 0 aliphatic heterocycles. The Morgan fingerprint density at radius 3 is 2.33 bits per heavy atom. The summed E-state index contributed by atoms with van der Waals surface area (Å²) >= 11 is 23.4. The minimum atomic E-state index is -0.490. The van der Waals surface area contributed by atoms with Gasteiger partial charge in [-0.05, 0) is 30.3 Å². The SMILES string of the molecule is O=C(CCC(=O)Nc1ccc(Cl)cc1Cl)N/N=C\c1cc(Cl)cc(Cl)c1O. The molecule has 0 unspecified atom stereocenters. The number of hydrazone groups is 1. The Morgan fingerprint density at radius 2 is 1.63 bits per heavy atom. The molecule has 10 heteroatoms. The summed E-state index contributed by atoms with van der Waals surface area (Å²) in [4.78, 5) is 23.6. The van der Waals surface area contributed by atoms with E-state index in [-0.39, 0.29) is 29.2 Å². The molecule has 27 heavy (non-hydrogen) atoms. The number of benzene rings is 2. The van der Waals surface area contributed by atoms with E-state index in [9.17, 15) is 14.7 Å². The van der Waals surface area contributed by atoms with Gasteiger partial charge in [-0.15, -0.1) is 0 Å². The first kappa shape index (κ1) is 21.3. The highest BCUT2D eigenvalue weighted by Gasteiger charge is 2.10. The first-order valence-electron chi connectivity index (χ1n) is 7.51. The van der Waals surface area contributed by atoms with Gasteiger partial charge in [-0.25, -0.2) is 5.43 Å². The Kier molecular flexibility index (Phi) is 7.74. The number of nitrogens with one attached hydrogen (secondary N) is 2. The first-order valence-corrected chi connectivity index (χ1v) is 9.02. The van der Waals surface area contributed by atoms with Crippen molar-refractivity contribution in [3.63, 3.8) is 0 Å². The zero-order valence-electron chi connectivity index (χ0n) is 13.6. The van der Waals surface area contributed by atoms with Gasteiger partial charge in [0.05, 0.1) is 21.9 Å². The van der Waals surface area contributed by atoms with Gasteiger partial charge in [0.25, 0.3) is 0 Å². The van der Waals surface area contributed by atoms with E-state index in [1.54, 1.807) is 12.1 Å². The van der Waals surface area contributed by atoms with Crippen molar-refractivity contribution < 1.29 is 14.7 Å². The molecule has 2 rings (SSSR count). The largest absolute Gasteiger partial charge is 0.506 e. The quantitative estimate of drug-likeness (QED) is 0.434. The number of halogens is 4. The average molecular weight is 449 g/mol. The molecule has 6 nitrogen and oxygen atoms in total. The normalized spacial score (nSPS) is 10.8. The molecule has 0 atom stereocenters. The van der Waals surface area contributed by atoms with Crippen LogP contribution in [-0.4, -0.2) is 23.1 Å². The summed E-state index contributed by atoms with van der Waals surface area (Å²) in [6.45, 7) is 0. The van der Waals surface area contributed by atoms with Crippen LogP contribution in [0, 0.1) is 0 Å². The van der Waals surface area contributed by atoms with Crippen molar-refractivity contribution >= 4 is 70.1 Å². The molecule has 2 aromatic rings. The van der Waals surface area contributed by atoms with Crippen LogP contribution in [0.25, 0.3) is 0 Å². The fourth-order valence-corrected chi connectivity index (χ4v) is 2.91. The van der Waals surface area contributed by atoms with Crippen molar-refractivity contribution in [2.45, 2.75) is 12.8 Å². The predicted octanol–water partition coefficient (Wildman–Crippen LogP) is 4.87. The zero-order valence-corrected chi connectivity index (χ0v) is 16.6. The van der Waals surface area contributed by atoms with Gasteiger partial charge < -0.3 is 10.4 Å². The molecular weight excluding hydrogens is 436 g/mol. The third-order valence-electron chi connectivity index (χ3n) is 3.23. The molecule has 0 spiro atoms. The number of nitrogens with zero attached hydrogens (tertiary/aromatic N) is 1. The van der Waals surface area contributed by atoms with Gasteiger partial charge in [-0.3, -0.25) is 9.59 Å². The van der Waals surface area contributed by atoms with Gasteiger partial charge in [-0.1, -0.05) is 46.4 Å². The van der Waals surface area contributed by atoms with Crippen molar-refractivity contribution in [2.24, 2.45) is 5.10 Å². The van der Waals surface area contributed by atoms with Crippen molar-refractivity contribution in [1.29, 1.82) is 0 Å². The fourth-order valence-electron chi connectivity index (χ4n) is 1.94. The topological polar surface area (TPSA) is 90.8 Å². The molecule has 0 heterocycles. The smallest absolute Gasteiger partial charge is 0.240 e. The molecule has 0 bridgehead atoms. The van der Waals surface area contributed by atoms with Gasteiger partial charge >= 0.3 is 0 Å². The van der Waals surface area contributed by atoms with Crippen molar-refractivity contribution in [2.75, 3.05) is 5.32 Å². The second-order valence-electron chi connectivity index (χ2n) is 5.29. The Morgan fingerprint density at radius 1 is 0.963 bits per heavy atom. The molecule has 0 fully saturated rings. The number of carbonyl (C=O) groups is 2. The number of carbonyl (C=O) groups excluding carboxylic acids is 2. The summed E-state index contributed by atoms with van der Waals surface area (Å²) in [6.07, 6.45) is 1.02. The molecule has 0 aliphatic carbocycles. The maximum absolute atomic E-state index is 11.9. The number of hydrogen-bond acceptors (Lipinski definition) is 4. The van der Waals surface area contributed by atoms with E-state index < -0.39 is 11.8 Å². The lowest BCUT2D eigenvalue weighted by Gasteiger charge is -2.07. The molecule has 2 aromatic carbocycles. The Balaban J connectivity index is 1.83. The van der Waals surface area contributed by atoms with E-state index in [0.29, 0.717) is 20.8 Å². The highest BCUT2D eigenvalue weighted by molar-refractivity contribution is 6.37. The fraction of sp³-hybridized carbons (Fsp3) is 0.118. The Labute approximate surface area is 175 Å². The van der Waals surface area contributed by atoms with Crippen LogP contribution in [0.3, 0.4) is 0 Å².